The fraction of sp³-hybridized carbons (Fsp3) is 0.364. The van der Waals surface area contributed by atoms with Gasteiger partial charge in [0.05, 0.1) is 23.7 Å². The number of nitrogens with one attached hydrogen (secondary N) is 2. The van der Waals surface area contributed by atoms with Crippen molar-refractivity contribution in [1.29, 1.82) is 0 Å². The van der Waals surface area contributed by atoms with Gasteiger partial charge in [0.2, 0.25) is 11.8 Å². The number of rotatable bonds is 7. The average Bonchev–Trinajstić information content (AvgIpc) is 2.75. The standard InChI is InChI=1S/C22H25Cl2N3O3/c1-30-20-5-3-2-4-16(20)13-25-22(29)15-8-10-27(11-9-15)14-21(28)26-17-6-7-18(23)19(24)12-17/h2-7,12,15H,8-11,13-14H2,1H3,(H,25,29)(H,26,28). The number of para-hydroxylation sites is 1. The third kappa shape index (κ3) is 6.11. The number of anilines is 1. The Morgan fingerprint density at radius 2 is 1.83 bits per heavy atom. The van der Waals surface area contributed by atoms with Crippen LogP contribution in [0.5, 0.6) is 5.75 Å². The van der Waals surface area contributed by atoms with Gasteiger partial charge in [-0.15, -0.1) is 0 Å². The van der Waals surface area contributed by atoms with Gasteiger partial charge >= 0.3 is 0 Å². The lowest BCUT2D eigenvalue weighted by molar-refractivity contribution is -0.126. The molecule has 6 nitrogen and oxygen atoms in total. The van der Waals surface area contributed by atoms with Gasteiger partial charge in [-0.05, 0) is 50.2 Å². The molecule has 0 saturated carbocycles. The van der Waals surface area contributed by atoms with E-state index in [-0.39, 0.29) is 24.3 Å². The minimum Gasteiger partial charge on any atom is -0.496 e. The van der Waals surface area contributed by atoms with Crippen LogP contribution in [0.3, 0.4) is 0 Å². The highest BCUT2D eigenvalue weighted by atomic mass is 35.5. The summed E-state index contributed by atoms with van der Waals surface area (Å²) >= 11 is 11.9. The highest BCUT2D eigenvalue weighted by Gasteiger charge is 2.26. The van der Waals surface area contributed by atoms with Crippen molar-refractivity contribution in [3.8, 4) is 5.75 Å². The van der Waals surface area contributed by atoms with Gasteiger partial charge in [-0.25, -0.2) is 0 Å². The third-order valence-corrected chi connectivity index (χ3v) is 5.91. The molecule has 3 rings (SSSR count). The van der Waals surface area contributed by atoms with Crippen LogP contribution in [0.1, 0.15) is 18.4 Å². The molecule has 2 aromatic rings. The van der Waals surface area contributed by atoms with Crippen molar-refractivity contribution in [2.75, 3.05) is 32.1 Å². The Hall–Kier alpha value is -2.28. The lowest BCUT2D eigenvalue weighted by atomic mass is 9.96. The smallest absolute Gasteiger partial charge is 0.238 e. The average molecular weight is 450 g/mol. The number of amides is 2. The Kier molecular flexibility index (Phi) is 7.96. The van der Waals surface area contributed by atoms with Gasteiger partial charge in [-0.1, -0.05) is 41.4 Å². The summed E-state index contributed by atoms with van der Waals surface area (Å²) in [5, 5.41) is 6.67. The number of ether oxygens (including phenoxy) is 1. The van der Waals surface area contributed by atoms with Crippen molar-refractivity contribution in [1.82, 2.24) is 10.2 Å². The molecule has 0 spiro atoms. The van der Waals surface area contributed by atoms with E-state index in [0.717, 1.165) is 24.2 Å². The van der Waals surface area contributed by atoms with E-state index in [1.54, 1.807) is 25.3 Å². The van der Waals surface area contributed by atoms with Crippen molar-refractivity contribution in [3.63, 3.8) is 0 Å². The first-order chi connectivity index (χ1) is 14.5. The van der Waals surface area contributed by atoms with E-state index < -0.39 is 0 Å². The summed E-state index contributed by atoms with van der Waals surface area (Å²) < 4.78 is 5.32. The van der Waals surface area contributed by atoms with Crippen molar-refractivity contribution in [2.45, 2.75) is 19.4 Å². The number of hydrogen-bond donors (Lipinski definition) is 2. The van der Waals surface area contributed by atoms with E-state index in [2.05, 4.69) is 15.5 Å². The zero-order valence-corrected chi connectivity index (χ0v) is 18.3. The van der Waals surface area contributed by atoms with Crippen LogP contribution in [0.15, 0.2) is 42.5 Å². The van der Waals surface area contributed by atoms with E-state index in [1.165, 1.54) is 0 Å². The maximum Gasteiger partial charge on any atom is 0.238 e. The van der Waals surface area contributed by atoms with Crippen LogP contribution in [0.2, 0.25) is 10.0 Å². The Labute approximate surface area is 186 Å². The molecule has 1 heterocycles. The summed E-state index contributed by atoms with van der Waals surface area (Å²) in [5.74, 6) is 0.642. The van der Waals surface area contributed by atoms with Gasteiger partial charge in [0, 0.05) is 23.7 Å². The minimum atomic E-state index is -0.118. The first-order valence-electron chi connectivity index (χ1n) is 9.83. The molecule has 0 bridgehead atoms. The maximum absolute atomic E-state index is 12.5. The maximum atomic E-state index is 12.5. The van der Waals surface area contributed by atoms with E-state index in [9.17, 15) is 9.59 Å². The quantitative estimate of drug-likeness (QED) is 0.670. The van der Waals surface area contributed by atoms with Crippen molar-refractivity contribution in [3.05, 3.63) is 58.1 Å². The number of piperidine rings is 1. The van der Waals surface area contributed by atoms with E-state index in [1.807, 2.05) is 24.3 Å². The van der Waals surface area contributed by atoms with Crippen LogP contribution < -0.4 is 15.4 Å². The molecule has 0 unspecified atom stereocenters. The lowest BCUT2D eigenvalue weighted by Crippen LogP contribution is -2.43. The van der Waals surface area contributed by atoms with Crippen LogP contribution >= 0.6 is 23.2 Å². The fourth-order valence-corrected chi connectivity index (χ4v) is 3.80. The summed E-state index contributed by atoms with van der Waals surface area (Å²) in [6.07, 6.45) is 1.44. The fourth-order valence-electron chi connectivity index (χ4n) is 3.51. The molecule has 0 radical (unpaired) electrons. The summed E-state index contributed by atoms with van der Waals surface area (Å²) in [6.45, 7) is 2.11. The number of methoxy groups -OCH3 is 1. The molecular weight excluding hydrogens is 425 g/mol. The summed E-state index contributed by atoms with van der Waals surface area (Å²) in [4.78, 5) is 26.9. The number of benzene rings is 2. The molecule has 1 aliphatic heterocycles. The molecule has 1 aliphatic rings. The highest BCUT2D eigenvalue weighted by Crippen LogP contribution is 2.25. The highest BCUT2D eigenvalue weighted by molar-refractivity contribution is 6.42. The second kappa shape index (κ2) is 10.7. The number of likely N-dealkylation sites (tertiary alicyclic amines) is 1. The van der Waals surface area contributed by atoms with E-state index in [0.29, 0.717) is 35.4 Å². The van der Waals surface area contributed by atoms with E-state index in [4.69, 9.17) is 27.9 Å². The molecule has 2 amide bonds. The molecule has 0 aliphatic carbocycles. The molecule has 160 valence electrons. The lowest BCUT2D eigenvalue weighted by Gasteiger charge is -2.30. The molecule has 8 heteroatoms. The van der Waals surface area contributed by atoms with Gasteiger partial charge < -0.3 is 15.4 Å². The van der Waals surface area contributed by atoms with Crippen molar-refractivity contribution >= 4 is 40.7 Å². The number of carbonyl (C=O) groups excluding carboxylic acids is 2. The molecule has 1 saturated heterocycles. The molecular formula is C22H25Cl2N3O3. The Morgan fingerprint density at radius 3 is 2.53 bits per heavy atom. The largest absolute Gasteiger partial charge is 0.496 e. The Balaban J connectivity index is 1.42. The summed E-state index contributed by atoms with van der Waals surface area (Å²) in [5.41, 5.74) is 1.56. The monoisotopic (exact) mass is 449 g/mol. The normalized spacial score (nSPS) is 14.9. The number of nitrogens with zero attached hydrogens (tertiary/aromatic N) is 1. The van der Waals surface area contributed by atoms with Gasteiger partial charge in [0.15, 0.2) is 0 Å². The molecule has 2 N–H and O–H groups in total. The van der Waals surface area contributed by atoms with Crippen LogP contribution in [0, 0.1) is 5.92 Å². The zero-order chi connectivity index (χ0) is 21.5. The molecule has 2 aromatic carbocycles. The predicted octanol–water partition coefficient (Wildman–Crippen LogP) is 3.97. The first kappa shape index (κ1) is 22.4. The minimum absolute atomic E-state index is 0.0424. The van der Waals surface area contributed by atoms with Crippen LogP contribution in [0.4, 0.5) is 5.69 Å². The number of halogens is 2. The first-order valence-corrected chi connectivity index (χ1v) is 10.6. The van der Waals surface area contributed by atoms with E-state index >= 15 is 0 Å². The van der Waals surface area contributed by atoms with Crippen LogP contribution in [-0.2, 0) is 16.1 Å². The zero-order valence-electron chi connectivity index (χ0n) is 16.8. The Morgan fingerprint density at radius 1 is 1.10 bits per heavy atom. The molecule has 0 atom stereocenters. The molecule has 0 aromatic heterocycles. The number of hydrogen-bond acceptors (Lipinski definition) is 4. The second-order valence-electron chi connectivity index (χ2n) is 7.26. The topological polar surface area (TPSA) is 70.7 Å². The van der Waals surface area contributed by atoms with Gasteiger partial charge in [0.25, 0.3) is 0 Å². The predicted molar refractivity (Wildman–Crippen MR) is 119 cm³/mol. The van der Waals surface area contributed by atoms with Gasteiger partial charge in [0.1, 0.15) is 5.75 Å². The molecule has 1 fully saturated rings. The summed E-state index contributed by atoms with van der Waals surface area (Å²) in [7, 11) is 1.62. The van der Waals surface area contributed by atoms with Crippen molar-refractivity contribution in [2.24, 2.45) is 5.92 Å². The third-order valence-electron chi connectivity index (χ3n) is 5.17. The SMILES string of the molecule is COc1ccccc1CNC(=O)C1CCN(CC(=O)Nc2ccc(Cl)c(Cl)c2)CC1. The van der Waals surface area contributed by atoms with Crippen LogP contribution in [0.25, 0.3) is 0 Å². The van der Waals surface area contributed by atoms with Crippen molar-refractivity contribution < 1.29 is 14.3 Å². The van der Waals surface area contributed by atoms with Gasteiger partial charge in [-0.3, -0.25) is 14.5 Å². The van der Waals surface area contributed by atoms with Crippen LogP contribution in [-0.4, -0.2) is 43.5 Å². The molecule has 30 heavy (non-hydrogen) atoms. The van der Waals surface area contributed by atoms with Gasteiger partial charge in [-0.2, -0.15) is 0 Å². The Bertz CT molecular complexity index is 899. The number of carbonyl (C=O) groups is 2. The summed E-state index contributed by atoms with van der Waals surface area (Å²) in [6, 6.07) is 12.6. The second-order valence-corrected chi connectivity index (χ2v) is 8.07.